The molecule has 3 heteroatoms. The lowest BCUT2D eigenvalue weighted by molar-refractivity contribution is 0.229. The van der Waals surface area contributed by atoms with Crippen LogP contribution < -0.4 is 5.32 Å². The smallest absolute Gasteiger partial charge is 0.0303 e. The fourth-order valence-electron chi connectivity index (χ4n) is 2.46. The summed E-state index contributed by atoms with van der Waals surface area (Å²) in [6.45, 7) is 8.24. The highest BCUT2D eigenvalue weighted by atomic mass is 32.1. The predicted octanol–water partition coefficient (Wildman–Crippen LogP) is 2.89. The summed E-state index contributed by atoms with van der Waals surface area (Å²) in [5.41, 5.74) is 1.51. The van der Waals surface area contributed by atoms with Crippen molar-refractivity contribution in [1.82, 2.24) is 10.2 Å². The van der Waals surface area contributed by atoms with Crippen molar-refractivity contribution in [1.29, 1.82) is 0 Å². The second-order valence-corrected chi connectivity index (χ2v) is 5.80. The van der Waals surface area contributed by atoms with Crippen LogP contribution in [-0.4, -0.2) is 31.1 Å². The summed E-state index contributed by atoms with van der Waals surface area (Å²) in [4.78, 5) is 4.11. The molecule has 2 heterocycles. The Bertz CT molecular complexity index is 316. The molecule has 0 unspecified atom stereocenters. The van der Waals surface area contributed by atoms with Crippen LogP contribution in [0.25, 0.3) is 0 Å². The number of nitrogens with one attached hydrogen (secondary N) is 1. The van der Waals surface area contributed by atoms with Gasteiger partial charge in [-0.15, -0.1) is 11.3 Å². The minimum Gasteiger partial charge on any atom is -0.311 e. The Labute approximate surface area is 109 Å². The van der Waals surface area contributed by atoms with Gasteiger partial charge < -0.3 is 10.2 Å². The highest BCUT2D eigenvalue weighted by Crippen LogP contribution is 2.16. The zero-order valence-electron chi connectivity index (χ0n) is 10.9. The first-order valence-corrected chi connectivity index (χ1v) is 7.76. The maximum Gasteiger partial charge on any atom is 0.0303 e. The van der Waals surface area contributed by atoms with Crippen molar-refractivity contribution in [3.05, 3.63) is 21.9 Å². The third kappa shape index (κ3) is 4.09. The van der Waals surface area contributed by atoms with E-state index in [-0.39, 0.29) is 0 Å². The van der Waals surface area contributed by atoms with Crippen LogP contribution in [0.4, 0.5) is 0 Å². The Hall–Kier alpha value is -0.380. The van der Waals surface area contributed by atoms with Gasteiger partial charge in [-0.25, -0.2) is 0 Å². The fourth-order valence-corrected chi connectivity index (χ4v) is 3.40. The Morgan fingerprint density at radius 2 is 2.12 bits per heavy atom. The molecule has 1 aromatic heterocycles. The second kappa shape index (κ2) is 7.14. The molecule has 0 spiro atoms. The van der Waals surface area contributed by atoms with Crippen molar-refractivity contribution in [2.75, 3.05) is 26.2 Å². The molecule has 1 fully saturated rings. The number of hydrogen-bond donors (Lipinski definition) is 1. The molecular weight excluding hydrogens is 228 g/mol. The van der Waals surface area contributed by atoms with E-state index in [1.807, 2.05) is 11.3 Å². The number of piperidine rings is 1. The zero-order valence-corrected chi connectivity index (χ0v) is 11.7. The summed E-state index contributed by atoms with van der Waals surface area (Å²) in [7, 11) is 0. The maximum absolute atomic E-state index is 3.58. The lowest BCUT2D eigenvalue weighted by Gasteiger charge is -2.26. The van der Waals surface area contributed by atoms with Gasteiger partial charge in [0.2, 0.25) is 0 Å². The number of hydrogen-bond acceptors (Lipinski definition) is 3. The summed E-state index contributed by atoms with van der Waals surface area (Å²) in [6.07, 6.45) is 5.38. The molecule has 0 aliphatic carbocycles. The molecule has 0 bridgehead atoms. The van der Waals surface area contributed by atoms with E-state index in [1.54, 1.807) is 0 Å². The van der Waals surface area contributed by atoms with Crippen molar-refractivity contribution >= 4 is 11.3 Å². The van der Waals surface area contributed by atoms with Gasteiger partial charge in [-0.3, -0.25) is 0 Å². The van der Waals surface area contributed by atoms with E-state index in [9.17, 15) is 0 Å². The van der Waals surface area contributed by atoms with Gasteiger partial charge in [-0.05, 0) is 49.4 Å². The van der Waals surface area contributed by atoms with Gasteiger partial charge in [0, 0.05) is 24.5 Å². The van der Waals surface area contributed by atoms with E-state index in [0.717, 1.165) is 19.5 Å². The van der Waals surface area contributed by atoms with E-state index in [0.29, 0.717) is 0 Å². The Kier molecular flexibility index (Phi) is 5.49. The van der Waals surface area contributed by atoms with E-state index in [4.69, 9.17) is 0 Å². The zero-order chi connectivity index (χ0) is 11.9. The number of nitrogens with zero attached hydrogens (tertiary/aromatic N) is 1. The molecular formula is C14H24N2S. The molecule has 0 amide bonds. The molecule has 1 N–H and O–H groups in total. The van der Waals surface area contributed by atoms with Crippen molar-refractivity contribution in [2.24, 2.45) is 0 Å². The van der Waals surface area contributed by atoms with E-state index < -0.39 is 0 Å². The van der Waals surface area contributed by atoms with Gasteiger partial charge in [0.05, 0.1) is 0 Å². The van der Waals surface area contributed by atoms with Gasteiger partial charge in [0.1, 0.15) is 0 Å². The molecule has 1 aliphatic heterocycles. The topological polar surface area (TPSA) is 15.3 Å². The van der Waals surface area contributed by atoms with Crippen molar-refractivity contribution in [3.63, 3.8) is 0 Å². The third-order valence-electron chi connectivity index (χ3n) is 3.56. The lowest BCUT2D eigenvalue weighted by Crippen LogP contribution is -2.35. The number of likely N-dealkylation sites (tertiary alicyclic amines) is 1. The molecule has 0 aromatic carbocycles. The normalized spacial score (nSPS) is 17.5. The van der Waals surface area contributed by atoms with Crippen LogP contribution in [0.2, 0.25) is 0 Å². The molecule has 1 saturated heterocycles. The van der Waals surface area contributed by atoms with Crippen molar-refractivity contribution in [2.45, 2.75) is 39.2 Å². The average molecular weight is 252 g/mol. The van der Waals surface area contributed by atoms with E-state index in [1.165, 1.54) is 49.3 Å². The monoisotopic (exact) mass is 252 g/mol. The summed E-state index contributed by atoms with van der Waals surface area (Å²) >= 11 is 1.88. The molecule has 1 aliphatic rings. The number of rotatable bonds is 6. The highest BCUT2D eigenvalue weighted by Gasteiger charge is 2.09. The first kappa shape index (κ1) is 13.1. The summed E-state index contributed by atoms with van der Waals surface area (Å²) in [5.74, 6) is 0. The first-order chi connectivity index (χ1) is 8.40. The van der Waals surface area contributed by atoms with E-state index >= 15 is 0 Å². The SMILES string of the molecule is CCc1ccsc1CNCCN1CCCCC1. The second-order valence-electron chi connectivity index (χ2n) is 4.80. The molecule has 2 rings (SSSR count). The largest absolute Gasteiger partial charge is 0.311 e. The van der Waals surface area contributed by atoms with Crippen molar-refractivity contribution < 1.29 is 0 Å². The van der Waals surface area contributed by atoms with Crippen LogP contribution in [-0.2, 0) is 13.0 Å². The molecule has 0 radical (unpaired) electrons. The number of thiophene rings is 1. The summed E-state index contributed by atoms with van der Waals surface area (Å²) in [6, 6.07) is 2.26. The van der Waals surface area contributed by atoms with Crippen LogP contribution >= 0.6 is 11.3 Å². The Balaban J connectivity index is 1.62. The maximum atomic E-state index is 3.58. The van der Waals surface area contributed by atoms with Gasteiger partial charge in [0.25, 0.3) is 0 Å². The van der Waals surface area contributed by atoms with Gasteiger partial charge in [0.15, 0.2) is 0 Å². The molecule has 0 saturated carbocycles. The van der Waals surface area contributed by atoms with Gasteiger partial charge in [-0.1, -0.05) is 13.3 Å². The average Bonchev–Trinajstić information content (AvgIpc) is 2.83. The minimum absolute atomic E-state index is 1.05. The lowest BCUT2D eigenvalue weighted by atomic mass is 10.1. The van der Waals surface area contributed by atoms with Crippen LogP contribution in [0.15, 0.2) is 11.4 Å². The first-order valence-electron chi connectivity index (χ1n) is 6.88. The molecule has 0 atom stereocenters. The van der Waals surface area contributed by atoms with Crippen LogP contribution in [0.1, 0.15) is 36.6 Å². The van der Waals surface area contributed by atoms with Crippen LogP contribution in [0.3, 0.4) is 0 Å². The fraction of sp³-hybridized carbons (Fsp3) is 0.714. The standard InChI is InChI=1S/C14H24N2S/c1-2-13-6-11-17-14(13)12-15-7-10-16-8-4-3-5-9-16/h6,11,15H,2-5,7-10,12H2,1H3. The Morgan fingerprint density at radius 1 is 1.29 bits per heavy atom. The molecule has 1 aromatic rings. The van der Waals surface area contributed by atoms with Crippen LogP contribution in [0, 0.1) is 0 Å². The third-order valence-corrected chi connectivity index (χ3v) is 4.52. The van der Waals surface area contributed by atoms with Gasteiger partial charge in [-0.2, -0.15) is 0 Å². The minimum atomic E-state index is 1.05. The van der Waals surface area contributed by atoms with Crippen molar-refractivity contribution in [3.8, 4) is 0 Å². The number of aryl methyl sites for hydroxylation is 1. The molecule has 96 valence electrons. The Morgan fingerprint density at radius 3 is 2.88 bits per heavy atom. The summed E-state index contributed by atoms with van der Waals surface area (Å²) < 4.78 is 0. The predicted molar refractivity (Wildman–Crippen MR) is 75.7 cm³/mol. The molecule has 17 heavy (non-hydrogen) atoms. The van der Waals surface area contributed by atoms with E-state index in [2.05, 4.69) is 28.6 Å². The quantitative estimate of drug-likeness (QED) is 0.783. The van der Waals surface area contributed by atoms with Gasteiger partial charge >= 0.3 is 0 Å². The summed E-state index contributed by atoms with van der Waals surface area (Å²) in [5, 5.41) is 5.79. The molecule has 2 nitrogen and oxygen atoms in total. The van der Waals surface area contributed by atoms with Crippen LogP contribution in [0.5, 0.6) is 0 Å². The highest BCUT2D eigenvalue weighted by molar-refractivity contribution is 7.10.